The number of hydrogen-bond donors (Lipinski definition) is 0. The SMILES string of the molecule is COCCc1noc([C@@H]2CC(F)(F)CN2C(=O)c2ccco2)n1. The Hall–Kier alpha value is -2.29. The van der Waals surface area contributed by atoms with Crippen molar-refractivity contribution in [2.45, 2.75) is 24.8 Å². The third-order valence-corrected chi connectivity index (χ3v) is 3.56. The summed E-state index contributed by atoms with van der Waals surface area (Å²) in [7, 11) is 1.53. The lowest BCUT2D eigenvalue weighted by Crippen LogP contribution is -2.32. The van der Waals surface area contributed by atoms with Gasteiger partial charge in [-0.1, -0.05) is 5.16 Å². The lowest BCUT2D eigenvalue weighted by molar-refractivity contribution is 0.0113. The number of likely N-dealkylation sites (tertiary alicyclic amines) is 1. The minimum Gasteiger partial charge on any atom is -0.459 e. The van der Waals surface area contributed by atoms with E-state index in [9.17, 15) is 13.6 Å². The molecule has 7 nitrogen and oxygen atoms in total. The summed E-state index contributed by atoms with van der Waals surface area (Å²) < 4.78 is 42.6. The number of alkyl halides is 2. The lowest BCUT2D eigenvalue weighted by atomic mass is 10.2. The van der Waals surface area contributed by atoms with Crippen molar-refractivity contribution in [2.24, 2.45) is 0 Å². The summed E-state index contributed by atoms with van der Waals surface area (Å²) >= 11 is 0. The second-order valence-electron chi connectivity index (χ2n) is 5.28. The van der Waals surface area contributed by atoms with E-state index in [4.69, 9.17) is 13.7 Å². The first-order chi connectivity index (χ1) is 11.0. The molecule has 0 aliphatic carbocycles. The van der Waals surface area contributed by atoms with E-state index in [1.54, 1.807) is 0 Å². The van der Waals surface area contributed by atoms with Gasteiger partial charge in [-0.05, 0) is 12.1 Å². The van der Waals surface area contributed by atoms with Gasteiger partial charge in [-0.3, -0.25) is 4.79 Å². The summed E-state index contributed by atoms with van der Waals surface area (Å²) in [5.74, 6) is -3.31. The molecule has 1 aliphatic heterocycles. The second-order valence-corrected chi connectivity index (χ2v) is 5.28. The summed E-state index contributed by atoms with van der Waals surface area (Å²) in [6.07, 6.45) is 1.15. The van der Waals surface area contributed by atoms with Gasteiger partial charge < -0.3 is 18.6 Å². The van der Waals surface area contributed by atoms with Gasteiger partial charge in [-0.15, -0.1) is 0 Å². The Bertz CT molecular complexity index is 671. The van der Waals surface area contributed by atoms with Crippen LogP contribution in [0.4, 0.5) is 8.78 Å². The average molecular weight is 327 g/mol. The van der Waals surface area contributed by atoms with Gasteiger partial charge in [0.25, 0.3) is 11.8 Å². The van der Waals surface area contributed by atoms with Gasteiger partial charge in [0, 0.05) is 20.0 Å². The molecule has 1 saturated heterocycles. The van der Waals surface area contributed by atoms with Gasteiger partial charge in [0.15, 0.2) is 11.6 Å². The molecule has 0 radical (unpaired) electrons. The van der Waals surface area contributed by atoms with Crippen LogP contribution in [-0.2, 0) is 11.2 Å². The van der Waals surface area contributed by atoms with E-state index in [0.717, 1.165) is 4.90 Å². The molecule has 124 valence electrons. The molecule has 9 heteroatoms. The summed E-state index contributed by atoms with van der Waals surface area (Å²) in [5, 5.41) is 3.73. The van der Waals surface area contributed by atoms with Crippen LogP contribution < -0.4 is 0 Å². The number of furan rings is 1. The third-order valence-electron chi connectivity index (χ3n) is 3.56. The fourth-order valence-corrected chi connectivity index (χ4v) is 2.49. The van der Waals surface area contributed by atoms with Crippen molar-refractivity contribution in [3.8, 4) is 0 Å². The Morgan fingerprint density at radius 1 is 1.57 bits per heavy atom. The van der Waals surface area contributed by atoms with Crippen LogP contribution in [0.2, 0.25) is 0 Å². The number of rotatable bonds is 5. The monoisotopic (exact) mass is 327 g/mol. The number of amides is 1. The summed E-state index contributed by atoms with van der Waals surface area (Å²) in [6, 6.07) is 1.96. The van der Waals surface area contributed by atoms with Crippen molar-refractivity contribution in [1.29, 1.82) is 0 Å². The van der Waals surface area contributed by atoms with Crippen LogP contribution in [0.1, 0.15) is 34.7 Å². The highest BCUT2D eigenvalue weighted by atomic mass is 19.3. The Morgan fingerprint density at radius 2 is 2.39 bits per heavy atom. The molecule has 1 amide bonds. The molecule has 23 heavy (non-hydrogen) atoms. The fourth-order valence-electron chi connectivity index (χ4n) is 2.49. The summed E-state index contributed by atoms with van der Waals surface area (Å²) in [6.45, 7) is -0.332. The van der Waals surface area contributed by atoms with E-state index in [2.05, 4.69) is 10.1 Å². The Kier molecular flexibility index (Phi) is 4.12. The molecule has 0 aromatic carbocycles. The van der Waals surface area contributed by atoms with E-state index in [0.29, 0.717) is 18.9 Å². The van der Waals surface area contributed by atoms with Crippen LogP contribution in [0.5, 0.6) is 0 Å². The molecule has 2 aromatic heterocycles. The molecule has 0 bridgehead atoms. The number of carbonyl (C=O) groups excluding carboxylic acids is 1. The zero-order valence-corrected chi connectivity index (χ0v) is 12.4. The first kappa shape index (κ1) is 15.6. The van der Waals surface area contributed by atoms with E-state index < -0.39 is 30.8 Å². The number of carbonyl (C=O) groups is 1. The molecule has 0 unspecified atom stereocenters. The zero-order valence-electron chi connectivity index (χ0n) is 12.4. The van der Waals surface area contributed by atoms with Crippen molar-refractivity contribution in [1.82, 2.24) is 15.0 Å². The maximum Gasteiger partial charge on any atom is 0.290 e. The quantitative estimate of drug-likeness (QED) is 0.836. The van der Waals surface area contributed by atoms with Gasteiger partial charge in [-0.25, -0.2) is 8.78 Å². The summed E-state index contributed by atoms with van der Waals surface area (Å²) in [5.41, 5.74) is 0. The molecular formula is C14H15F2N3O4. The second kappa shape index (κ2) is 6.07. The highest BCUT2D eigenvalue weighted by Crippen LogP contribution is 2.41. The Labute approximate surface area is 130 Å². The number of halogens is 2. The number of methoxy groups -OCH3 is 1. The maximum atomic E-state index is 13.8. The van der Waals surface area contributed by atoms with Crippen molar-refractivity contribution < 1.29 is 27.3 Å². The van der Waals surface area contributed by atoms with Crippen LogP contribution >= 0.6 is 0 Å². The predicted octanol–water partition coefficient (Wildman–Crippen LogP) is 2.07. The standard InChI is InChI=1S/C14H15F2N3O4/c1-21-6-4-11-17-12(23-18-11)9-7-14(15,16)8-19(9)13(20)10-3-2-5-22-10/h2-3,5,9H,4,6-8H2,1H3/t9-/m0/s1. The van der Waals surface area contributed by atoms with Crippen LogP contribution in [0.15, 0.2) is 27.3 Å². The highest BCUT2D eigenvalue weighted by molar-refractivity contribution is 5.92. The minimum absolute atomic E-state index is 0.00631. The Balaban J connectivity index is 1.83. The molecule has 2 aromatic rings. The number of ether oxygens (including phenoxy) is 1. The summed E-state index contributed by atoms with van der Waals surface area (Å²) in [4.78, 5) is 17.4. The molecule has 0 saturated carbocycles. The van der Waals surface area contributed by atoms with Gasteiger partial charge >= 0.3 is 0 Å². The molecule has 3 rings (SSSR count). The molecular weight excluding hydrogens is 312 g/mol. The molecule has 0 N–H and O–H groups in total. The smallest absolute Gasteiger partial charge is 0.290 e. The van der Waals surface area contributed by atoms with Crippen LogP contribution in [-0.4, -0.2) is 47.1 Å². The normalized spacial score (nSPS) is 20.1. The van der Waals surface area contributed by atoms with Gasteiger partial charge in [0.1, 0.15) is 6.04 Å². The zero-order chi connectivity index (χ0) is 16.4. The minimum atomic E-state index is -3.02. The van der Waals surface area contributed by atoms with Gasteiger partial charge in [0.05, 0.1) is 19.4 Å². The largest absolute Gasteiger partial charge is 0.459 e. The van der Waals surface area contributed by atoms with E-state index >= 15 is 0 Å². The van der Waals surface area contributed by atoms with E-state index in [1.807, 2.05) is 0 Å². The molecule has 1 atom stereocenters. The van der Waals surface area contributed by atoms with E-state index in [1.165, 1.54) is 25.5 Å². The third kappa shape index (κ3) is 3.24. The Morgan fingerprint density at radius 3 is 3.09 bits per heavy atom. The number of aromatic nitrogens is 2. The molecule has 3 heterocycles. The molecule has 0 spiro atoms. The molecule has 1 aliphatic rings. The average Bonchev–Trinajstić information content (AvgIpc) is 3.23. The predicted molar refractivity (Wildman–Crippen MR) is 71.9 cm³/mol. The highest BCUT2D eigenvalue weighted by Gasteiger charge is 2.50. The van der Waals surface area contributed by atoms with Crippen molar-refractivity contribution in [2.75, 3.05) is 20.3 Å². The first-order valence-corrected chi connectivity index (χ1v) is 7.04. The fraction of sp³-hybridized carbons (Fsp3) is 0.500. The van der Waals surface area contributed by atoms with E-state index in [-0.39, 0.29) is 11.7 Å². The van der Waals surface area contributed by atoms with Gasteiger partial charge in [-0.2, -0.15) is 4.98 Å². The molecule has 1 fully saturated rings. The van der Waals surface area contributed by atoms with Crippen LogP contribution in [0, 0.1) is 0 Å². The van der Waals surface area contributed by atoms with Gasteiger partial charge in [0.2, 0.25) is 5.89 Å². The van der Waals surface area contributed by atoms with Crippen LogP contribution in [0.3, 0.4) is 0 Å². The lowest BCUT2D eigenvalue weighted by Gasteiger charge is -2.19. The maximum absolute atomic E-state index is 13.8. The van der Waals surface area contributed by atoms with Crippen molar-refractivity contribution >= 4 is 5.91 Å². The number of hydrogen-bond acceptors (Lipinski definition) is 6. The van der Waals surface area contributed by atoms with Crippen LogP contribution in [0.25, 0.3) is 0 Å². The number of nitrogens with zero attached hydrogens (tertiary/aromatic N) is 3. The van der Waals surface area contributed by atoms with Crippen molar-refractivity contribution in [3.05, 3.63) is 35.9 Å². The first-order valence-electron chi connectivity index (χ1n) is 7.04. The van der Waals surface area contributed by atoms with Crippen molar-refractivity contribution in [3.63, 3.8) is 0 Å². The topological polar surface area (TPSA) is 81.6 Å².